The predicted molar refractivity (Wildman–Crippen MR) is 74.2 cm³/mol. The van der Waals surface area contributed by atoms with Crippen LogP contribution in [0, 0.1) is 0 Å². The van der Waals surface area contributed by atoms with Crippen LogP contribution in [0.1, 0.15) is 34.5 Å². The van der Waals surface area contributed by atoms with Crippen molar-refractivity contribution >= 4 is 27.2 Å². The summed E-state index contributed by atoms with van der Waals surface area (Å²) in [5.41, 5.74) is 1.28. The summed E-state index contributed by atoms with van der Waals surface area (Å²) in [6, 6.07) is 8.58. The first-order valence-corrected chi connectivity index (χ1v) is 7.45. The number of hydrogen-bond donors (Lipinski definition) is 0. The molecule has 0 spiro atoms. The fourth-order valence-electron chi connectivity index (χ4n) is 3.29. The average molecular weight is 257 g/mol. The number of ketones is 1. The Morgan fingerprint density at radius 3 is 3.06 bits per heavy atom. The fourth-order valence-corrected chi connectivity index (χ4v) is 4.49. The second-order valence-corrected chi connectivity index (χ2v) is 6.30. The molecule has 0 amide bonds. The lowest BCUT2D eigenvalue weighted by Crippen LogP contribution is -2.47. The zero-order valence-electron chi connectivity index (χ0n) is 10.2. The molecule has 1 aromatic carbocycles. The zero-order chi connectivity index (χ0) is 12.1. The molecule has 1 atom stereocenters. The lowest BCUT2D eigenvalue weighted by Gasteiger charge is -2.37. The largest absolute Gasteiger partial charge is 0.291 e. The van der Waals surface area contributed by atoms with E-state index in [1.54, 1.807) is 11.3 Å². The molecule has 0 aliphatic carbocycles. The van der Waals surface area contributed by atoms with Crippen molar-refractivity contribution in [3.05, 3.63) is 34.7 Å². The average Bonchev–Trinajstić information content (AvgIpc) is 2.79. The van der Waals surface area contributed by atoms with Crippen LogP contribution in [-0.4, -0.2) is 23.3 Å². The lowest BCUT2D eigenvalue weighted by atomic mass is 9.91. The molecule has 0 unspecified atom stereocenters. The van der Waals surface area contributed by atoms with Gasteiger partial charge in [0.2, 0.25) is 0 Å². The molecule has 4 rings (SSSR count). The molecule has 0 saturated carbocycles. The van der Waals surface area contributed by atoms with Gasteiger partial charge in [-0.05, 0) is 36.4 Å². The first-order valence-electron chi connectivity index (χ1n) is 6.63. The summed E-state index contributed by atoms with van der Waals surface area (Å²) in [7, 11) is 0. The highest BCUT2D eigenvalue weighted by atomic mass is 32.1. The van der Waals surface area contributed by atoms with Crippen LogP contribution in [0.25, 0.3) is 10.1 Å². The summed E-state index contributed by atoms with van der Waals surface area (Å²) in [5, 5.41) is 1.29. The van der Waals surface area contributed by atoms with Crippen LogP contribution < -0.4 is 0 Å². The van der Waals surface area contributed by atoms with Gasteiger partial charge in [-0.2, -0.15) is 0 Å². The van der Waals surface area contributed by atoms with E-state index in [0.717, 1.165) is 24.4 Å². The normalized spacial score (nSPS) is 24.0. The zero-order valence-corrected chi connectivity index (χ0v) is 11.0. The number of rotatable bonds is 0. The standard InChI is InChI=1S/C15H15NOS/c17-14-12-6-3-4-8-16(12)9-11-10-5-1-2-7-13(10)18-15(11)14/h1-2,5,7,12H,3-4,6,8-9H2/t12-/m1/s1. The highest BCUT2D eigenvalue weighted by Crippen LogP contribution is 2.38. The molecule has 0 N–H and O–H groups in total. The monoisotopic (exact) mass is 257 g/mol. The van der Waals surface area contributed by atoms with Crippen molar-refractivity contribution in [3.8, 4) is 0 Å². The Hall–Kier alpha value is -1.19. The number of thiophene rings is 1. The van der Waals surface area contributed by atoms with Gasteiger partial charge in [-0.3, -0.25) is 9.69 Å². The van der Waals surface area contributed by atoms with Crippen molar-refractivity contribution in [2.45, 2.75) is 31.8 Å². The third-order valence-electron chi connectivity index (χ3n) is 4.20. The summed E-state index contributed by atoms with van der Waals surface area (Å²) < 4.78 is 1.26. The summed E-state index contributed by atoms with van der Waals surface area (Å²) in [6.45, 7) is 2.05. The first kappa shape index (κ1) is 10.7. The maximum Gasteiger partial charge on any atom is 0.190 e. The van der Waals surface area contributed by atoms with Gasteiger partial charge < -0.3 is 0 Å². The maximum atomic E-state index is 12.6. The van der Waals surface area contributed by atoms with Gasteiger partial charge in [0.15, 0.2) is 5.78 Å². The molecule has 2 aliphatic heterocycles. The van der Waals surface area contributed by atoms with Crippen LogP contribution in [0.2, 0.25) is 0 Å². The van der Waals surface area contributed by atoms with E-state index in [-0.39, 0.29) is 6.04 Å². The molecule has 2 aliphatic rings. The number of fused-ring (bicyclic) bond motifs is 4. The number of benzene rings is 1. The van der Waals surface area contributed by atoms with E-state index in [0.29, 0.717) is 5.78 Å². The Morgan fingerprint density at radius 2 is 2.11 bits per heavy atom. The minimum absolute atomic E-state index is 0.166. The van der Waals surface area contributed by atoms with E-state index < -0.39 is 0 Å². The minimum Gasteiger partial charge on any atom is -0.291 e. The molecule has 1 fully saturated rings. The van der Waals surface area contributed by atoms with Gasteiger partial charge in [0.05, 0.1) is 10.9 Å². The Kier molecular flexibility index (Phi) is 2.32. The van der Waals surface area contributed by atoms with Gasteiger partial charge in [0.1, 0.15) is 0 Å². The number of carbonyl (C=O) groups is 1. The lowest BCUT2D eigenvalue weighted by molar-refractivity contribution is 0.0694. The molecular weight excluding hydrogens is 242 g/mol. The van der Waals surface area contributed by atoms with Gasteiger partial charge in [-0.1, -0.05) is 24.6 Å². The van der Waals surface area contributed by atoms with Crippen molar-refractivity contribution < 1.29 is 4.79 Å². The fraction of sp³-hybridized carbons (Fsp3) is 0.400. The van der Waals surface area contributed by atoms with E-state index in [9.17, 15) is 4.79 Å². The smallest absolute Gasteiger partial charge is 0.190 e. The van der Waals surface area contributed by atoms with Crippen LogP contribution in [0.4, 0.5) is 0 Å². The second kappa shape index (κ2) is 3.90. The summed E-state index contributed by atoms with van der Waals surface area (Å²) in [6.07, 6.45) is 3.49. The molecule has 0 radical (unpaired) electrons. The molecule has 1 saturated heterocycles. The predicted octanol–water partition coefficient (Wildman–Crippen LogP) is 3.45. The maximum absolute atomic E-state index is 12.6. The number of Topliss-reactive ketones (excluding diaryl/α,β-unsaturated/α-hetero) is 1. The van der Waals surface area contributed by atoms with Gasteiger partial charge in [-0.15, -0.1) is 11.3 Å². The molecule has 3 heteroatoms. The van der Waals surface area contributed by atoms with Gasteiger partial charge in [-0.25, -0.2) is 0 Å². The van der Waals surface area contributed by atoms with Crippen LogP contribution in [0.15, 0.2) is 24.3 Å². The van der Waals surface area contributed by atoms with E-state index >= 15 is 0 Å². The Morgan fingerprint density at radius 1 is 1.22 bits per heavy atom. The van der Waals surface area contributed by atoms with Crippen molar-refractivity contribution in [2.24, 2.45) is 0 Å². The number of carbonyl (C=O) groups excluding carboxylic acids is 1. The molecular formula is C15H15NOS. The summed E-state index contributed by atoms with van der Waals surface area (Å²) in [5.74, 6) is 0.372. The number of hydrogen-bond acceptors (Lipinski definition) is 3. The van der Waals surface area contributed by atoms with Gasteiger partial charge in [0.25, 0.3) is 0 Å². The molecule has 0 bridgehead atoms. The van der Waals surface area contributed by atoms with Gasteiger partial charge in [0, 0.05) is 11.2 Å². The van der Waals surface area contributed by atoms with E-state index in [1.807, 2.05) is 0 Å². The number of piperidine rings is 1. The minimum atomic E-state index is 0.166. The summed E-state index contributed by atoms with van der Waals surface area (Å²) >= 11 is 1.69. The topological polar surface area (TPSA) is 20.3 Å². The Balaban J connectivity index is 1.91. The van der Waals surface area contributed by atoms with Crippen molar-refractivity contribution in [1.29, 1.82) is 0 Å². The highest BCUT2D eigenvalue weighted by molar-refractivity contribution is 7.21. The molecule has 2 aromatic rings. The Bertz CT molecular complexity index is 630. The van der Waals surface area contributed by atoms with Gasteiger partial charge >= 0.3 is 0 Å². The van der Waals surface area contributed by atoms with Crippen molar-refractivity contribution in [1.82, 2.24) is 4.90 Å². The molecule has 92 valence electrons. The molecule has 3 heterocycles. The number of nitrogens with zero attached hydrogens (tertiary/aromatic N) is 1. The Labute approximate surface area is 110 Å². The second-order valence-electron chi connectivity index (χ2n) is 5.25. The van der Waals surface area contributed by atoms with Crippen LogP contribution in [-0.2, 0) is 6.54 Å². The SMILES string of the molecule is O=C1c2sc3ccccc3c2CN2CCCC[C@H]12. The first-order chi connectivity index (χ1) is 8.84. The third-order valence-corrected chi connectivity index (χ3v) is 5.43. The summed E-state index contributed by atoms with van der Waals surface area (Å²) in [4.78, 5) is 16.0. The quantitative estimate of drug-likeness (QED) is 0.720. The van der Waals surface area contributed by atoms with Crippen molar-refractivity contribution in [3.63, 3.8) is 0 Å². The molecule has 18 heavy (non-hydrogen) atoms. The van der Waals surface area contributed by atoms with Crippen LogP contribution in [0.3, 0.4) is 0 Å². The van der Waals surface area contributed by atoms with Crippen LogP contribution >= 0.6 is 11.3 Å². The third kappa shape index (κ3) is 1.41. The molecule has 2 nitrogen and oxygen atoms in total. The highest BCUT2D eigenvalue weighted by Gasteiger charge is 2.36. The van der Waals surface area contributed by atoms with Crippen LogP contribution in [0.5, 0.6) is 0 Å². The van der Waals surface area contributed by atoms with E-state index in [2.05, 4.69) is 29.2 Å². The van der Waals surface area contributed by atoms with E-state index in [4.69, 9.17) is 0 Å². The molecule has 1 aromatic heterocycles. The van der Waals surface area contributed by atoms with Crippen molar-refractivity contribution in [2.75, 3.05) is 6.54 Å². The van der Waals surface area contributed by atoms with E-state index in [1.165, 1.54) is 28.5 Å².